The average molecular weight is 158 g/mol. The zero-order chi connectivity index (χ0) is 8.27. The molecule has 3 nitrogen and oxygen atoms in total. The van der Waals surface area contributed by atoms with Crippen LogP contribution in [0.4, 0.5) is 0 Å². The average Bonchev–Trinajstić information content (AvgIpc) is 1.98. The molecule has 1 rings (SSSR count). The van der Waals surface area contributed by atoms with Crippen LogP contribution in [0.25, 0.3) is 0 Å². The van der Waals surface area contributed by atoms with Crippen molar-refractivity contribution in [3.05, 3.63) is 0 Å². The van der Waals surface area contributed by atoms with Gasteiger partial charge in [0.2, 0.25) is 0 Å². The molecule has 1 aliphatic rings. The molecular weight excluding hydrogens is 140 g/mol. The van der Waals surface area contributed by atoms with Gasteiger partial charge in [0.05, 0.1) is 6.10 Å². The van der Waals surface area contributed by atoms with Gasteiger partial charge >= 0.3 is 0 Å². The molecule has 0 amide bonds. The largest absolute Gasteiger partial charge is 0.392 e. The van der Waals surface area contributed by atoms with E-state index in [1.54, 1.807) is 0 Å². The number of rotatable bonds is 2. The maximum absolute atomic E-state index is 9.42. The van der Waals surface area contributed by atoms with E-state index in [4.69, 9.17) is 5.73 Å². The monoisotopic (exact) mass is 158 g/mol. The first kappa shape index (κ1) is 8.97. The number of hydrogen-bond acceptors (Lipinski definition) is 3. The van der Waals surface area contributed by atoms with Gasteiger partial charge in [-0.1, -0.05) is 0 Å². The molecule has 0 aliphatic heterocycles. The summed E-state index contributed by atoms with van der Waals surface area (Å²) in [7, 11) is 1.95. The van der Waals surface area contributed by atoms with Crippen molar-refractivity contribution in [2.24, 2.45) is 11.7 Å². The second-order valence-corrected chi connectivity index (χ2v) is 3.47. The third kappa shape index (κ3) is 2.43. The van der Waals surface area contributed by atoms with E-state index in [2.05, 4.69) is 5.32 Å². The number of nitrogens with one attached hydrogen (secondary N) is 1. The second kappa shape index (κ2) is 4.04. The fourth-order valence-corrected chi connectivity index (χ4v) is 1.73. The van der Waals surface area contributed by atoms with Gasteiger partial charge in [-0.15, -0.1) is 0 Å². The van der Waals surface area contributed by atoms with Gasteiger partial charge in [0.15, 0.2) is 0 Å². The predicted molar refractivity (Wildman–Crippen MR) is 45.2 cm³/mol. The van der Waals surface area contributed by atoms with Crippen LogP contribution in [0.2, 0.25) is 0 Å². The minimum absolute atomic E-state index is 0.0168. The van der Waals surface area contributed by atoms with Crippen LogP contribution in [0.5, 0.6) is 0 Å². The van der Waals surface area contributed by atoms with Crippen molar-refractivity contribution < 1.29 is 5.11 Å². The Morgan fingerprint density at radius 2 is 2.27 bits per heavy atom. The van der Waals surface area contributed by atoms with Crippen molar-refractivity contribution in [1.82, 2.24) is 5.32 Å². The summed E-state index contributed by atoms with van der Waals surface area (Å²) < 4.78 is 0. The molecule has 1 fully saturated rings. The van der Waals surface area contributed by atoms with Crippen LogP contribution < -0.4 is 11.1 Å². The zero-order valence-corrected chi connectivity index (χ0v) is 7.09. The van der Waals surface area contributed by atoms with E-state index < -0.39 is 0 Å². The molecule has 0 aromatic rings. The van der Waals surface area contributed by atoms with Crippen LogP contribution in [-0.4, -0.2) is 30.8 Å². The Labute approximate surface area is 68.0 Å². The fourth-order valence-electron chi connectivity index (χ4n) is 1.73. The molecule has 4 N–H and O–H groups in total. The lowest BCUT2D eigenvalue weighted by Crippen LogP contribution is -2.42. The molecule has 3 heteroatoms. The van der Waals surface area contributed by atoms with Crippen molar-refractivity contribution >= 4 is 0 Å². The first-order valence-electron chi connectivity index (χ1n) is 4.32. The molecule has 66 valence electrons. The molecule has 0 bridgehead atoms. The molecular formula is C8H18N2O. The van der Waals surface area contributed by atoms with E-state index in [9.17, 15) is 5.11 Å². The summed E-state index contributed by atoms with van der Waals surface area (Å²) in [6.45, 7) is 1.00. The number of aliphatic hydroxyl groups is 1. The van der Waals surface area contributed by atoms with E-state index in [1.807, 2.05) is 7.05 Å². The van der Waals surface area contributed by atoms with Gasteiger partial charge in [-0.3, -0.25) is 0 Å². The standard InChI is InChI=1S/C8H18N2O/c1-10-5-6-2-3-7(9)8(11)4-6/h6-8,10-11H,2-5,9H2,1H3. The number of hydrogen-bond donors (Lipinski definition) is 3. The van der Waals surface area contributed by atoms with Crippen LogP contribution in [0.3, 0.4) is 0 Å². The van der Waals surface area contributed by atoms with Gasteiger partial charge in [0.25, 0.3) is 0 Å². The number of aliphatic hydroxyl groups excluding tert-OH is 1. The minimum Gasteiger partial charge on any atom is -0.392 e. The lowest BCUT2D eigenvalue weighted by Gasteiger charge is -2.30. The first-order valence-corrected chi connectivity index (χ1v) is 4.32. The Balaban J connectivity index is 2.28. The molecule has 1 saturated carbocycles. The molecule has 3 atom stereocenters. The first-order chi connectivity index (χ1) is 5.24. The molecule has 0 saturated heterocycles. The summed E-state index contributed by atoms with van der Waals surface area (Å²) in [4.78, 5) is 0. The minimum atomic E-state index is -0.276. The summed E-state index contributed by atoms with van der Waals surface area (Å²) in [5.74, 6) is 0.620. The van der Waals surface area contributed by atoms with E-state index in [-0.39, 0.29) is 12.1 Å². The Morgan fingerprint density at radius 1 is 1.55 bits per heavy atom. The maximum atomic E-state index is 9.42. The van der Waals surface area contributed by atoms with Crippen molar-refractivity contribution in [3.63, 3.8) is 0 Å². The Kier molecular flexibility index (Phi) is 3.30. The summed E-state index contributed by atoms with van der Waals surface area (Å²) in [6.07, 6.45) is 2.70. The van der Waals surface area contributed by atoms with Crippen LogP contribution in [0.15, 0.2) is 0 Å². The topological polar surface area (TPSA) is 58.3 Å². The third-order valence-electron chi connectivity index (χ3n) is 2.47. The normalized spacial score (nSPS) is 39.0. The van der Waals surface area contributed by atoms with Crippen LogP contribution in [0.1, 0.15) is 19.3 Å². The van der Waals surface area contributed by atoms with E-state index in [0.29, 0.717) is 5.92 Å². The van der Waals surface area contributed by atoms with Crippen molar-refractivity contribution in [2.75, 3.05) is 13.6 Å². The van der Waals surface area contributed by atoms with E-state index in [1.165, 1.54) is 0 Å². The summed E-state index contributed by atoms with van der Waals surface area (Å²) >= 11 is 0. The van der Waals surface area contributed by atoms with Crippen LogP contribution >= 0.6 is 0 Å². The van der Waals surface area contributed by atoms with Gasteiger partial charge in [-0.25, -0.2) is 0 Å². The zero-order valence-electron chi connectivity index (χ0n) is 7.09. The van der Waals surface area contributed by atoms with Gasteiger partial charge in [-0.05, 0) is 38.8 Å². The molecule has 11 heavy (non-hydrogen) atoms. The molecule has 0 aromatic heterocycles. The highest BCUT2D eigenvalue weighted by molar-refractivity contribution is 4.82. The predicted octanol–water partition coefficient (Wildman–Crippen LogP) is -0.306. The Bertz CT molecular complexity index is 119. The van der Waals surface area contributed by atoms with Crippen molar-refractivity contribution in [3.8, 4) is 0 Å². The smallest absolute Gasteiger partial charge is 0.0694 e. The lowest BCUT2D eigenvalue weighted by atomic mass is 9.84. The summed E-state index contributed by atoms with van der Waals surface area (Å²) in [5, 5.41) is 12.5. The lowest BCUT2D eigenvalue weighted by molar-refractivity contribution is 0.0812. The van der Waals surface area contributed by atoms with E-state index >= 15 is 0 Å². The van der Waals surface area contributed by atoms with Gasteiger partial charge in [0, 0.05) is 6.04 Å². The molecule has 0 aromatic carbocycles. The Morgan fingerprint density at radius 3 is 2.82 bits per heavy atom. The SMILES string of the molecule is CNCC1CCC(N)C(O)C1. The van der Waals surface area contributed by atoms with Crippen LogP contribution in [-0.2, 0) is 0 Å². The molecule has 3 unspecified atom stereocenters. The molecule has 1 aliphatic carbocycles. The van der Waals surface area contributed by atoms with Crippen molar-refractivity contribution in [2.45, 2.75) is 31.4 Å². The quantitative estimate of drug-likeness (QED) is 0.517. The van der Waals surface area contributed by atoms with E-state index in [0.717, 1.165) is 25.8 Å². The molecule has 0 radical (unpaired) electrons. The highest BCUT2D eigenvalue weighted by atomic mass is 16.3. The third-order valence-corrected chi connectivity index (χ3v) is 2.47. The van der Waals surface area contributed by atoms with Gasteiger partial charge < -0.3 is 16.2 Å². The van der Waals surface area contributed by atoms with Gasteiger partial charge in [-0.2, -0.15) is 0 Å². The fraction of sp³-hybridized carbons (Fsp3) is 1.00. The molecule has 0 heterocycles. The molecule has 0 spiro atoms. The summed E-state index contributed by atoms with van der Waals surface area (Å²) in [5.41, 5.74) is 5.67. The van der Waals surface area contributed by atoms with Crippen molar-refractivity contribution in [1.29, 1.82) is 0 Å². The summed E-state index contributed by atoms with van der Waals surface area (Å²) in [6, 6.07) is 0.0168. The Hall–Kier alpha value is -0.120. The van der Waals surface area contributed by atoms with Crippen LogP contribution in [0, 0.1) is 5.92 Å². The maximum Gasteiger partial charge on any atom is 0.0694 e. The second-order valence-electron chi connectivity index (χ2n) is 3.47. The highest BCUT2D eigenvalue weighted by Crippen LogP contribution is 2.22. The number of nitrogens with two attached hydrogens (primary N) is 1. The highest BCUT2D eigenvalue weighted by Gasteiger charge is 2.25. The van der Waals surface area contributed by atoms with Gasteiger partial charge in [0.1, 0.15) is 0 Å².